The normalized spacial score (nSPS) is 17.4. The smallest absolute Gasteiger partial charge is 0.194 e. The predicted octanol–water partition coefficient (Wildman–Crippen LogP) is 1.98. The number of hydrogen-bond donors (Lipinski definition) is 1. The van der Waals surface area contributed by atoms with Crippen LogP contribution in [0.3, 0.4) is 0 Å². The van der Waals surface area contributed by atoms with E-state index in [4.69, 9.17) is 19.2 Å². The number of benzene rings is 1. The Morgan fingerprint density at radius 1 is 1.41 bits per heavy atom. The molecule has 0 radical (unpaired) electrons. The molecule has 0 saturated carbocycles. The largest absolute Gasteiger partial charge is 0.497 e. The fourth-order valence-corrected chi connectivity index (χ4v) is 3.24. The summed E-state index contributed by atoms with van der Waals surface area (Å²) in [4.78, 5) is 6.98. The number of aliphatic imine (C=N–C) groups is 1. The Bertz CT molecular complexity index is 792. The summed E-state index contributed by atoms with van der Waals surface area (Å²) < 4.78 is 18.8. The topological polar surface area (TPSA) is 73.1 Å². The van der Waals surface area contributed by atoms with Crippen LogP contribution >= 0.6 is 0 Å². The molecular weight excluding hydrogens is 370 g/mol. The molecule has 1 saturated heterocycles. The first-order valence-electron chi connectivity index (χ1n) is 10.0. The lowest BCUT2D eigenvalue weighted by molar-refractivity contribution is -0.00809. The average Bonchev–Trinajstić information content (AvgIpc) is 3.19. The van der Waals surface area contributed by atoms with Gasteiger partial charge in [0.05, 0.1) is 46.2 Å². The Kier molecular flexibility index (Phi) is 7.89. The standard InChI is InChI=1S/C21H31N5O3/c1-4-22-21(23-8-10-28-16-17-6-5-7-19(12-17)27-3)26-9-11-29-20(15-26)18-13-24-25(2)14-18/h5-7,12-14,20H,4,8-11,15-16H2,1-3H3,(H,22,23). The van der Waals surface area contributed by atoms with Crippen LogP contribution < -0.4 is 10.1 Å². The van der Waals surface area contributed by atoms with E-state index in [1.807, 2.05) is 43.7 Å². The molecule has 29 heavy (non-hydrogen) atoms. The number of aromatic nitrogens is 2. The number of ether oxygens (including phenoxy) is 3. The molecule has 1 fully saturated rings. The van der Waals surface area contributed by atoms with Crippen molar-refractivity contribution in [2.45, 2.75) is 19.6 Å². The maximum Gasteiger partial charge on any atom is 0.194 e. The average molecular weight is 402 g/mol. The van der Waals surface area contributed by atoms with Crippen molar-refractivity contribution >= 4 is 5.96 Å². The maximum absolute atomic E-state index is 5.93. The highest BCUT2D eigenvalue weighted by Gasteiger charge is 2.25. The molecule has 2 aromatic rings. The van der Waals surface area contributed by atoms with E-state index in [9.17, 15) is 0 Å². The third kappa shape index (κ3) is 6.20. The van der Waals surface area contributed by atoms with Crippen LogP contribution in [0, 0.1) is 0 Å². The monoisotopic (exact) mass is 401 g/mol. The van der Waals surface area contributed by atoms with Gasteiger partial charge in [0.15, 0.2) is 5.96 Å². The van der Waals surface area contributed by atoms with Crippen LogP contribution in [0.25, 0.3) is 0 Å². The number of morpholine rings is 1. The van der Waals surface area contributed by atoms with Crippen molar-refractivity contribution in [1.29, 1.82) is 0 Å². The van der Waals surface area contributed by atoms with Crippen molar-refractivity contribution in [2.75, 3.05) is 46.5 Å². The van der Waals surface area contributed by atoms with Crippen molar-refractivity contribution in [2.24, 2.45) is 12.0 Å². The lowest BCUT2D eigenvalue weighted by atomic mass is 10.1. The van der Waals surface area contributed by atoms with Crippen molar-refractivity contribution in [3.05, 3.63) is 47.8 Å². The molecular formula is C21H31N5O3. The summed E-state index contributed by atoms with van der Waals surface area (Å²) in [6.45, 7) is 6.83. The summed E-state index contributed by atoms with van der Waals surface area (Å²) in [5, 5.41) is 7.63. The fraction of sp³-hybridized carbons (Fsp3) is 0.524. The summed E-state index contributed by atoms with van der Waals surface area (Å²) in [7, 11) is 3.59. The summed E-state index contributed by atoms with van der Waals surface area (Å²) in [5.41, 5.74) is 2.18. The van der Waals surface area contributed by atoms with Crippen molar-refractivity contribution in [3.8, 4) is 5.75 Å². The van der Waals surface area contributed by atoms with Gasteiger partial charge in [-0.05, 0) is 24.6 Å². The third-order valence-electron chi connectivity index (χ3n) is 4.70. The summed E-state index contributed by atoms with van der Waals surface area (Å²) in [6, 6.07) is 7.91. The number of nitrogens with one attached hydrogen (secondary N) is 1. The molecule has 0 bridgehead atoms. The van der Waals surface area contributed by atoms with Gasteiger partial charge >= 0.3 is 0 Å². The minimum atomic E-state index is 0.00520. The first-order valence-corrected chi connectivity index (χ1v) is 10.0. The van der Waals surface area contributed by atoms with Gasteiger partial charge < -0.3 is 24.4 Å². The molecule has 3 rings (SSSR count). The Hall–Kier alpha value is -2.58. The zero-order valence-corrected chi connectivity index (χ0v) is 17.5. The molecule has 1 N–H and O–H groups in total. The van der Waals surface area contributed by atoms with Crippen LogP contribution in [0.1, 0.15) is 24.2 Å². The summed E-state index contributed by atoms with van der Waals surface area (Å²) in [6.07, 6.45) is 3.88. The molecule has 8 nitrogen and oxygen atoms in total. The second-order valence-corrected chi connectivity index (χ2v) is 6.89. The molecule has 1 aromatic carbocycles. The molecule has 1 unspecified atom stereocenters. The Morgan fingerprint density at radius 2 is 2.31 bits per heavy atom. The van der Waals surface area contributed by atoms with E-state index in [-0.39, 0.29) is 6.10 Å². The molecule has 1 aliphatic rings. The zero-order valence-electron chi connectivity index (χ0n) is 17.5. The molecule has 158 valence electrons. The molecule has 1 atom stereocenters. The van der Waals surface area contributed by atoms with E-state index in [1.165, 1.54) is 0 Å². The van der Waals surface area contributed by atoms with Crippen molar-refractivity contribution in [3.63, 3.8) is 0 Å². The highest BCUT2D eigenvalue weighted by atomic mass is 16.5. The summed E-state index contributed by atoms with van der Waals surface area (Å²) >= 11 is 0. The van der Waals surface area contributed by atoms with E-state index in [1.54, 1.807) is 11.8 Å². The number of nitrogens with zero attached hydrogens (tertiary/aromatic N) is 4. The molecule has 1 aliphatic heterocycles. The third-order valence-corrected chi connectivity index (χ3v) is 4.70. The van der Waals surface area contributed by atoms with Crippen LogP contribution in [0.4, 0.5) is 0 Å². The van der Waals surface area contributed by atoms with Gasteiger partial charge in [0.2, 0.25) is 0 Å². The highest BCUT2D eigenvalue weighted by Crippen LogP contribution is 2.21. The van der Waals surface area contributed by atoms with Crippen molar-refractivity contribution in [1.82, 2.24) is 20.0 Å². The molecule has 8 heteroatoms. The molecule has 0 spiro atoms. The van der Waals surface area contributed by atoms with E-state index in [0.29, 0.717) is 26.4 Å². The second kappa shape index (κ2) is 10.8. The van der Waals surface area contributed by atoms with Gasteiger partial charge in [-0.1, -0.05) is 12.1 Å². The number of methoxy groups -OCH3 is 1. The molecule has 2 heterocycles. The van der Waals surface area contributed by atoms with Gasteiger partial charge in [-0.25, -0.2) is 0 Å². The van der Waals surface area contributed by atoms with Crippen molar-refractivity contribution < 1.29 is 14.2 Å². The van der Waals surface area contributed by atoms with E-state index in [0.717, 1.165) is 42.5 Å². The highest BCUT2D eigenvalue weighted by molar-refractivity contribution is 5.80. The van der Waals surface area contributed by atoms with Crippen LogP contribution in [0.15, 0.2) is 41.7 Å². The first kappa shape index (κ1) is 21.1. The lowest BCUT2D eigenvalue weighted by Gasteiger charge is -2.34. The Labute approximate surface area is 172 Å². The van der Waals surface area contributed by atoms with Gasteiger partial charge in [-0.15, -0.1) is 0 Å². The zero-order chi connectivity index (χ0) is 20.5. The summed E-state index contributed by atoms with van der Waals surface area (Å²) in [5.74, 6) is 1.74. The number of aryl methyl sites for hydroxylation is 1. The lowest BCUT2D eigenvalue weighted by Crippen LogP contribution is -2.48. The molecule has 0 amide bonds. The van der Waals surface area contributed by atoms with E-state index < -0.39 is 0 Å². The number of guanidine groups is 1. The van der Waals surface area contributed by atoms with Crippen LogP contribution in [0.2, 0.25) is 0 Å². The van der Waals surface area contributed by atoms with Gasteiger partial charge in [0.25, 0.3) is 0 Å². The Balaban J connectivity index is 1.50. The van der Waals surface area contributed by atoms with Crippen LogP contribution in [-0.4, -0.2) is 67.1 Å². The quantitative estimate of drug-likeness (QED) is 0.414. The van der Waals surface area contributed by atoms with Crippen LogP contribution in [0.5, 0.6) is 5.75 Å². The van der Waals surface area contributed by atoms with E-state index >= 15 is 0 Å². The molecule has 0 aliphatic carbocycles. The first-order chi connectivity index (χ1) is 14.2. The second-order valence-electron chi connectivity index (χ2n) is 6.89. The number of hydrogen-bond acceptors (Lipinski definition) is 5. The van der Waals surface area contributed by atoms with E-state index in [2.05, 4.69) is 22.2 Å². The SMILES string of the molecule is CCNC(=NCCOCc1cccc(OC)c1)N1CCOC(c2cnn(C)c2)C1. The van der Waals surface area contributed by atoms with Gasteiger partial charge in [0.1, 0.15) is 11.9 Å². The fourth-order valence-electron chi connectivity index (χ4n) is 3.24. The number of rotatable bonds is 8. The predicted molar refractivity (Wildman–Crippen MR) is 112 cm³/mol. The Morgan fingerprint density at radius 3 is 3.07 bits per heavy atom. The minimum Gasteiger partial charge on any atom is -0.497 e. The maximum atomic E-state index is 5.93. The van der Waals surface area contributed by atoms with Gasteiger partial charge in [-0.3, -0.25) is 9.67 Å². The van der Waals surface area contributed by atoms with Crippen LogP contribution in [-0.2, 0) is 23.1 Å². The van der Waals surface area contributed by atoms with Gasteiger partial charge in [0, 0.05) is 31.9 Å². The van der Waals surface area contributed by atoms with Gasteiger partial charge in [-0.2, -0.15) is 5.10 Å². The molecule has 1 aromatic heterocycles. The minimum absolute atomic E-state index is 0.00520.